The molecule has 1 fully saturated rings. The highest BCUT2D eigenvalue weighted by atomic mass is 16.6. The second-order valence-electron chi connectivity index (χ2n) is 4.50. The molecule has 3 heterocycles. The predicted molar refractivity (Wildman–Crippen MR) is 65.6 cm³/mol. The number of aliphatic hydroxyl groups excluding tert-OH is 3. The zero-order valence-electron chi connectivity index (χ0n) is 10.2. The maximum Gasteiger partial charge on any atom is 0.280 e. The van der Waals surface area contributed by atoms with Crippen LogP contribution < -0.4 is 11.3 Å². The molecule has 1 aliphatic heterocycles. The Labute approximate surface area is 111 Å². The lowest BCUT2D eigenvalue weighted by atomic mass is 10.1. The van der Waals surface area contributed by atoms with Gasteiger partial charge in [-0.15, -0.1) is 0 Å². The second kappa shape index (κ2) is 4.52. The van der Waals surface area contributed by atoms with Crippen LogP contribution in [0.15, 0.2) is 11.1 Å². The summed E-state index contributed by atoms with van der Waals surface area (Å²) in [6.07, 6.45) is -3.21. The summed E-state index contributed by atoms with van der Waals surface area (Å²) in [5.41, 5.74) is 5.12. The summed E-state index contributed by atoms with van der Waals surface area (Å²) in [6, 6.07) is 0. The normalized spacial score (nSPS) is 30.1. The zero-order chi connectivity index (χ0) is 14.4. The van der Waals surface area contributed by atoms with Gasteiger partial charge in [0.2, 0.25) is 5.95 Å². The summed E-state index contributed by atoms with van der Waals surface area (Å²) in [7, 11) is 0. The van der Waals surface area contributed by atoms with Crippen LogP contribution in [0.2, 0.25) is 0 Å². The Hall–Kier alpha value is -2.01. The van der Waals surface area contributed by atoms with Gasteiger partial charge in [-0.3, -0.25) is 14.3 Å². The number of fused-ring (bicyclic) bond motifs is 1. The fourth-order valence-electron chi connectivity index (χ4n) is 2.24. The minimum atomic E-state index is -1.29. The quantitative estimate of drug-likeness (QED) is 0.398. The first-order valence-electron chi connectivity index (χ1n) is 5.87. The molecule has 0 amide bonds. The van der Waals surface area contributed by atoms with E-state index < -0.39 is 36.7 Å². The number of aromatic amines is 1. The number of rotatable bonds is 2. The van der Waals surface area contributed by atoms with Crippen molar-refractivity contribution in [2.24, 2.45) is 0 Å². The molecule has 0 unspecified atom stereocenters. The molecule has 3 rings (SSSR count). The Morgan fingerprint density at radius 1 is 1.45 bits per heavy atom. The lowest BCUT2D eigenvalue weighted by Crippen LogP contribution is -2.33. The third-order valence-electron chi connectivity index (χ3n) is 3.24. The molecule has 2 aromatic heterocycles. The number of ether oxygens (including phenoxy) is 1. The first kappa shape index (κ1) is 13.0. The molecule has 0 aromatic carbocycles. The Morgan fingerprint density at radius 2 is 2.20 bits per heavy atom. The number of nitrogen functional groups attached to an aromatic ring is 1. The average molecular weight is 283 g/mol. The number of nitrogens with one attached hydrogen (secondary N) is 1. The van der Waals surface area contributed by atoms with Crippen molar-refractivity contribution in [3.63, 3.8) is 0 Å². The van der Waals surface area contributed by atoms with E-state index in [2.05, 4.69) is 15.0 Å². The van der Waals surface area contributed by atoms with Gasteiger partial charge in [0, 0.05) is 0 Å². The Morgan fingerprint density at radius 3 is 2.85 bits per heavy atom. The first-order valence-corrected chi connectivity index (χ1v) is 5.87. The molecule has 20 heavy (non-hydrogen) atoms. The molecule has 0 radical (unpaired) electrons. The van der Waals surface area contributed by atoms with Crippen molar-refractivity contribution in [2.45, 2.75) is 24.5 Å². The van der Waals surface area contributed by atoms with Crippen LogP contribution in [-0.4, -0.2) is 59.8 Å². The lowest BCUT2D eigenvalue weighted by molar-refractivity contribution is -0.0511. The molecule has 108 valence electrons. The highest BCUT2D eigenvalue weighted by Gasteiger charge is 2.44. The summed E-state index contributed by atoms with van der Waals surface area (Å²) < 4.78 is 6.64. The highest BCUT2D eigenvalue weighted by molar-refractivity contribution is 5.70. The number of anilines is 1. The minimum absolute atomic E-state index is 0.0388. The van der Waals surface area contributed by atoms with Crippen molar-refractivity contribution in [1.29, 1.82) is 0 Å². The van der Waals surface area contributed by atoms with Crippen molar-refractivity contribution in [3.05, 3.63) is 16.7 Å². The van der Waals surface area contributed by atoms with Crippen LogP contribution in [0.25, 0.3) is 11.2 Å². The van der Waals surface area contributed by atoms with E-state index in [-0.39, 0.29) is 17.1 Å². The van der Waals surface area contributed by atoms with Crippen LogP contribution in [0.5, 0.6) is 0 Å². The van der Waals surface area contributed by atoms with Gasteiger partial charge < -0.3 is 25.8 Å². The third-order valence-corrected chi connectivity index (χ3v) is 3.24. The highest BCUT2D eigenvalue weighted by Crippen LogP contribution is 2.30. The molecule has 10 heteroatoms. The number of nitrogens with zero attached hydrogens (tertiary/aromatic N) is 3. The fourth-order valence-corrected chi connectivity index (χ4v) is 2.24. The molecule has 6 N–H and O–H groups in total. The Balaban J connectivity index is 2.09. The van der Waals surface area contributed by atoms with E-state index >= 15 is 0 Å². The van der Waals surface area contributed by atoms with E-state index in [0.29, 0.717) is 0 Å². The number of nitrogens with two attached hydrogens (primary N) is 1. The van der Waals surface area contributed by atoms with E-state index in [1.807, 2.05) is 0 Å². The van der Waals surface area contributed by atoms with Gasteiger partial charge in [-0.1, -0.05) is 0 Å². The van der Waals surface area contributed by atoms with Crippen molar-refractivity contribution >= 4 is 17.1 Å². The van der Waals surface area contributed by atoms with Gasteiger partial charge in [-0.2, -0.15) is 4.98 Å². The van der Waals surface area contributed by atoms with E-state index in [1.54, 1.807) is 0 Å². The monoisotopic (exact) mass is 283 g/mol. The first-order chi connectivity index (χ1) is 9.52. The number of aromatic nitrogens is 4. The number of aliphatic hydroxyl groups is 3. The summed E-state index contributed by atoms with van der Waals surface area (Å²) >= 11 is 0. The van der Waals surface area contributed by atoms with Gasteiger partial charge in [0.25, 0.3) is 5.56 Å². The molecule has 0 bridgehead atoms. The standard InChI is InChI=1S/C10H13N5O5/c11-10-13-7-4(8(19)14-10)12-2-15(7)9-6(18)5(17)3(1-16)20-9/h2-3,5-6,9,16-18H,1H2,(H3,11,13,14,19)/t3-,5-,6-,9+/m1/s1. The van der Waals surface area contributed by atoms with Crippen molar-refractivity contribution in [3.8, 4) is 0 Å². The van der Waals surface area contributed by atoms with Gasteiger partial charge >= 0.3 is 0 Å². The van der Waals surface area contributed by atoms with Gasteiger partial charge in [-0.25, -0.2) is 4.98 Å². The summed E-state index contributed by atoms with van der Waals surface area (Å²) in [5.74, 6) is -0.101. The van der Waals surface area contributed by atoms with Crippen LogP contribution in [0, 0.1) is 0 Å². The summed E-state index contributed by atoms with van der Waals surface area (Å²) in [4.78, 5) is 21.8. The summed E-state index contributed by atoms with van der Waals surface area (Å²) in [6.45, 7) is -0.447. The maximum absolute atomic E-state index is 11.7. The van der Waals surface area contributed by atoms with Crippen molar-refractivity contribution < 1.29 is 20.1 Å². The molecule has 0 saturated carbocycles. The number of H-pyrrole nitrogens is 1. The lowest BCUT2D eigenvalue weighted by Gasteiger charge is -2.16. The van der Waals surface area contributed by atoms with E-state index in [1.165, 1.54) is 10.9 Å². The molecule has 0 aliphatic carbocycles. The fraction of sp³-hybridized carbons (Fsp3) is 0.500. The van der Waals surface area contributed by atoms with Crippen LogP contribution in [-0.2, 0) is 4.74 Å². The predicted octanol–water partition coefficient (Wildman–Crippen LogP) is -2.69. The maximum atomic E-state index is 11.7. The Bertz CT molecular complexity index is 697. The SMILES string of the molecule is Nc1nc2c(ncn2[C@H]2O[C@H](CO)[C@@H](O)[C@H]2O)c(=O)[nH]1. The average Bonchev–Trinajstić information content (AvgIpc) is 2.93. The zero-order valence-corrected chi connectivity index (χ0v) is 10.2. The minimum Gasteiger partial charge on any atom is -0.394 e. The van der Waals surface area contributed by atoms with Crippen LogP contribution in [0.1, 0.15) is 6.23 Å². The Kier molecular flexibility index (Phi) is 2.94. The molecular formula is C10H13N5O5. The second-order valence-corrected chi connectivity index (χ2v) is 4.50. The van der Waals surface area contributed by atoms with Gasteiger partial charge in [0.05, 0.1) is 12.9 Å². The van der Waals surface area contributed by atoms with Crippen LogP contribution in [0.3, 0.4) is 0 Å². The molecule has 4 atom stereocenters. The number of imidazole rings is 1. The van der Waals surface area contributed by atoms with E-state index in [4.69, 9.17) is 15.6 Å². The smallest absolute Gasteiger partial charge is 0.280 e. The van der Waals surface area contributed by atoms with Crippen molar-refractivity contribution in [2.75, 3.05) is 12.3 Å². The third kappa shape index (κ3) is 1.78. The molecule has 2 aromatic rings. The number of hydrogen-bond acceptors (Lipinski definition) is 8. The molecule has 1 aliphatic rings. The van der Waals surface area contributed by atoms with E-state index in [0.717, 1.165) is 0 Å². The van der Waals surface area contributed by atoms with Gasteiger partial charge in [-0.05, 0) is 0 Å². The van der Waals surface area contributed by atoms with Crippen LogP contribution in [0.4, 0.5) is 5.95 Å². The van der Waals surface area contributed by atoms with Gasteiger partial charge in [0.1, 0.15) is 18.3 Å². The van der Waals surface area contributed by atoms with Crippen molar-refractivity contribution in [1.82, 2.24) is 19.5 Å². The molecule has 0 spiro atoms. The van der Waals surface area contributed by atoms with Crippen LogP contribution >= 0.6 is 0 Å². The summed E-state index contributed by atoms with van der Waals surface area (Å²) in [5, 5.41) is 28.7. The molecule has 10 nitrogen and oxygen atoms in total. The molecule has 1 saturated heterocycles. The topological polar surface area (TPSA) is 160 Å². The van der Waals surface area contributed by atoms with Gasteiger partial charge in [0.15, 0.2) is 17.4 Å². The number of hydrogen-bond donors (Lipinski definition) is 5. The van der Waals surface area contributed by atoms with E-state index in [9.17, 15) is 15.0 Å². The largest absolute Gasteiger partial charge is 0.394 e. The molecular weight excluding hydrogens is 270 g/mol.